The Labute approximate surface area is 159 Å². The molecule has 0 saturated heterocycles. The third-order valence-corrected chi connectivity index (χ3v) is 4.75. The van der Waals surface area contributed by atoms with Crippen LogP contribution in [0.4, 0.5) is 0 Å². The van der Waals surface area contributed by atoms with E-state index in [9.17, 15) is 4.79 Å². The number of furan rings is 1. The molecule has 0 bridgehead atoms. The van der Waals surface area contributed by atoms with Gasteiger partial charge in [-0.3, -0.25) is 4.79 Å². The van der Waals surface area contributed by atoms with Gasteiger partial charge >= 0.3 is 0 Å². The number of nitrogens with one attached hydrogen (secondary N) is 1. The molecule has 0 saturated carbocycles. The second kappa shape index (κ2) is 8.12. The van der Waals surface area contributed by atoms with Crippen molar-refractivity contribution in [2.24, 2.45) is 0 Å². The average molecular weight is 363 g/mol. The monoisotopic (exact) mass is 363 g/mol. The van der Waals surface area contributed by atoms with Crippen LogP contribution in [-0.4, -0.2) is 19.1 Å². The Kier molecular flexibility index (Phi) is 5.65. The maximum Gasteiger partial charge on any atom is 0.244 e. The number of methoxy groups -OCH3 is 1. The lowest BCUT2D eigenvalue weighted by Gasteiger charge is -2.12. The van der Waals surface area contributed by atoms with E-state index in [1.807, 2.05) is 51.1 Å². The van der Waals surface area contributed by atoms with E-state index in [2.05, 4.69) is 17.4 Å². The fourth-order valence-corrected chi connectivity index (χ4v) is 3.03. The van der Waals surface area contributed by atoms with Crippen molar-refractivity contribution < 1.29 is 13.9 Å². The van der Waals surface area contributed by atoms with Gasteiger partial charge in [0.25, 0.3) is 0 Å². The minimum absolute atomic E-state index is 0.0977. The predicted molar refractivity (Wildman–Crippen MR) is 110 cm³/mol. The van der Waals surface area contributed by atoms with Crippen molar-refractivity contribution in [2.45, 2.75) is 33.2 Å². The number of ether oxygens (including phenoxy) is 1. The maximum absolute atomic E-state index is 12.3. The Morgan fingerprint density at radius 2 is 2.00 bits per heavy atom. The number of rotatable bonds is 6. The van der Waals surface area contributed by atoms with E-state index in [1.165, 1.54) is 0 Å². The first-order valence-electron chi connectivity index (χ1n) is 9.17. The molecule has 1 unspecified atom stereocenters. The van der Waals surface area contributed by atoms with Gasteiger partial charge in [-0.2, -0.15) is 0 Å². The van der Waals surface area contributed by atoms with Crippen LogP contribution in [0.5, 0.6) is 5.75 Å². The zero-order valence-electron chi connectivity index (χ0n) is 16.2. The average Bonchev–Trinajstić information content (AvgIpc) is 3.10. The van der Waals surface area contributed by atoms with E-state index in [0.29, 0.717) is 5.75 Å². The molecule has 1 heterocycles. The summed E-state index contributed by atoms with van der Waals surface area (Å²) in [6.45, 7) is 5.95. The quantitative estimate of drug-likeness (QED) is 0.594. The molecule has 3 aromatic rings. The molecule has 27 heavy (non-hydrogen) atoms. The van der Waals surface area contributed by atoms with Crippen molar-refractivity contribution in [2.75, 3.05) is 7.11 Å². The van der Waals surface area contributed by atoms with Crippen LogP contribution in [0.2, 0.25) is 0 Å². The lowest BCUT2D eigenvalue weighted by molar-refractivity contribution is -0.117. The van der Waals surface area contributed by atoms with Crippen LogP contribution in [-0.2, 0) is 4.79 Å². The first-order valence-corrected chi connectivity index (χ1v) is 9.17. The van der Waals surface area contributed by atoms with Crippen molar-refractivity contribution in [1.82, 2.24) is 5.32 Å². The fourth-order valence-electron chi connectivity index (χ4n) is 3.03. The largest absolute Gasteiger partial charge is 0.496 e. The summed E-state index contributed by atoms with van der Waals surface area (Å²) in [5.74, 6) is 0.584. The molecule has 2 aromatic carbocycles. The van der Waals surface area contributed by atoms with Crippen molar-refractivity contribution in [3.05, 3.63) is 60.4 Å². The van der Waals surface area contributed by atoms with E-state index >= 15 is 0 Å². The Morgan fingerprint density at radius 3 is 2.67 bits per heavy atom. The van der Waals surface area contributed by atoms with E-state index < -0.39 is 0 Å². The number of carbonyl (C=O) groups excluding carboxylic acids is 1. The van der Waals surface area contributed by atoms with Crippen LogP contribution >= 0.6 is 0 Å². The lowest BCUT2D eigenvalue weighted by atomic mass is 9.99. The highest BCUT2D eigenvalue weighted by atomic mass is 16.5. The van der Waals surface area contributed by atoms with E-state index in [-0.39, 0.29) is 11.9 Å². The van der Waals surface area contributed by atoms with Gasteiger partial charge in [-0.05, 0) is 37.5 Å². The van der Waals surface area contributed by atoms with Crippen molar-refractivity contribution in [3.63, 3.8) is 0 Å². The number of allylic oxidation sites excluding steroid dienone is 1. The molecule has 140 valence electrons. The molecule has 1 amide bonds. The van der Waals surface area contributed by atoms with Gasteiger partial charge in [0, 0.05) is 34.7 Å². The first-order chi connectivity index (χ1) is 13.0. The van der Waals surface area contributed by atoms with E-state index in [4.69, 9.17) is 9.15 Å². The number of benzene rings is 2. The number of fused-ring (bicyclic) bond motifs is 1. The van der Waals surface area contributed by atoms with E-state index in [0.717, 1.165) is 39.7 Å². The highest BCUT2D eigenvalue weighted by Gasteiger charge is 2.15. The fraction of sp³-hybridized carbons (Fsp3) is 0.261. The summed E-state index contributed by atoms with van der Waals surface area (Å²) in [5, 5.41) is 3.96. The summed E-state index contributed by atoms with van der Waals surface area (Å²) in [6, 6.07) is 14.1. The molecule has 1 N–H and O–H groups in total. The van der Waals surface area contributed by atoms with Gasteiger partial charge in [-0.1, -0.05) is 37.3 Å². The molecule has 0 fully saturated rings. The third kappa shape index (κ3) is 4.05. The van der Waals surface area contributed by atoms with Gasteiger partial charge in [-0.25, -0.2) is 0 Å². The van der Waals surface area contributed by atoms with Gasteiger partial charge in [0.1, 0.15) is 11.3 Å². The summed E-state index contributed by atoms with van der Waals surface area (Å²) in [5.41, 5.74) is 4.58. The lowest BCUT2D eigenvalue weighted by Crippen LogP contribution is -2.30. The third-order valence-electron chi connectivity index (χ3n) is 4.75. The molecular weight excluding hydrogens is 338 g/mol. The zero-order valence-corrected chi connectivity index (χ0v) is 16.2. The Morgan fingerprint density at radius 1 is 1.26 bits per heavy atom. The van der Waals surface area contributed by atoms with Crippen molar-refractivity contribution in [3.8, 4) is 16.9 Å². The van der Waals surface area contributed by atoms with Gasteiger partial charge in [0.15, 0.2) is 0 Å². The molecule has 0 aliphatic rings. The maximum atomic E-state index is 12.3. The van der Waals surface area contributed by atoms with Crippen LogP contribution in [0.1, 0.15) is 32.8 Å². The molecule has 3 rings (SSSR count). The van der Waals surface area contributed by atoms with Gasteiger partial charge in [0.05, 0.1) is 13.4 Å². The minimum atomic E-state index is -0.0977. The number of carbonyl (C=O) groups is 1. The summed E-state index contributed by atoms with van der Waals surface area (Å²) in [4.78, 5) is 12.3. The van der Waals surface area contributed by atoms with Gasteiger partial charge in [-0.15, -0.1) is 0 Å². The molecule has 0 spiro atoms. The molecule has 4 heteroatoms. The highest BCUT2D eigenvalue weighted by molar-refractivity contribution is 6.00. The summed E-state index contributed by atoms with van der Waals surface area (Å²) >= 11 is 0. The highest BCUT2D eigenvalue weighted by Crippen LogP contribution is 2.37. The SMILES string of the molecule is CCC(C)NC(=O)/C=C(\C)c1cc2c(-c3ccccc3)coc2cc1OC. The van der Waals surface area contributed by atoms with Crippen molar-refractivity contribution >= 4 is 22.4 Å². The summed E-state index contributed by atoms with van der Waals surface area (Å²) in [6.07, 6.45) is 4.28. The van der Waals surface area contributed by atoms with Gasteiger partial charge < -0.3 is 14.5 Å². The second-order valence-corrected chi connectivity index (χ2v) is 6.71. The summed E-state index contributed by atoms with van der Waals surface area (Å²) in [7, 11) is 1.62. The van der Waals surface area contributed by atoms with Crippen molar-refractivity contribution in [1.29, 1.82) is 0 Å². The number of amides is 1. The Hall–Kier alpha value is -3.01. The number of hydrogen-bond acceptors (Lipinski definition) is 3. The standard InChI is InChI=1S/C23H25NO3/c1-5-16(3)24-23(25)11-15(2)18-12-19-20(17-9-7-6-8-10-17)14-27-22(19)13-21(18)26-4/h6-14,16H,5H2,1-4H3,(H,24,25)/b15-11+. The molecule has 0 radical (unpaired) electrons. The van der Waals surface area contributed by atoms with E-state index in [1.54, 1.807) is 19.4 Å². The molecular formula is C23H25NO3. The van der Waals surface area contributed by atoms with Crippen LogP contribution in [0.25, 0.3) is 27.7 Å². The normalized spacial score (nSPS) is 12.8. The second-order valence-electron chi connectivity index (χ2n) is 6.71. The Balaban J connectivity index is 2.05. The zero-order chi connectivity index (χ0) is 19.4. The molecule has 1 atom stereocenters. The van der Waals surface area contributed by atoms with Crippen LogP contribution in [0.3, 0.4) is 0 Å². The molecule has 1 aromatic heterocycles. The van der Waals surface area contributed by atoms with Crippen LogP contribution in [0.15, 0.2) is 59.2 Å². The van der Waals surface area contributed by atoms with Crippen LogP contribution < -0.4 is 10.1 Å². The van der Waals surface area contributed by atoms with Gasteiger partial charge in [0.2, 0.25) is 5.91 Å². The first kappa shape index (κ1) is 18.8. The summed E-state index contributed by atoms with van der Waals surface area (Å²) < 4.78 is 11.3. The minimum Gasteiger partial charge on any atom is -0.496 e. The molecule has 4 nitrogen and oxygen atoms in total. The smallest absolute Gasteiger partial charge is 0.244 e. The number of hydrogen-bond donors (Lipinski definition) is 1. The Bertz CT molecular complexity index is 970. The molecule has 0 aliphatic heterocycles. The predicted octanol–water partition coefficient (Wildman–Crippen LogP) is 5.43. The van der Waals surface area contributed by atoms with Crippen LogP contribution in [0, 0.1) is 0 Å². The molecule has 0 aliphatic carbocycles. The topological polar surface area (TPSA) is 51.5 Å².